The van der Waals surface area contributed by atoms with Crippen molar-refractivity contribution in [1.29, 1.82) is 0 Å². The van der Waals surface area contributed by atoms with Gasteiger partial charge in [0.2, 0.25) is 0 Å². The second kappa shape index (κ2) is 9.16. The van der Waals surface area contributed by atoms with E-state index < -0.39 is 0 Å². The molecule has 33 heavy (non-hydrogen) atoms. The van der Waals surface area contributed by atoms with E-state index in [9.17, 15) is 4.79 Å². The lowest BCUT2D eigenvalue weighted by molar-refractivity contribution is 0.0637. The quantitative estimate of drug-likeness (QED) is 0.465. The average Bonchev–Trinajstić information content (AvgIpc) is 3.27. The summed E-state index contributed by atoms with van der Waals surface area (Å²) in [6.45, 7) is 2.13. The van der Waals surface area contributed by atoms with Crippen LogP contribution in [0.25, 0.3) is 22.3 Å². The normalized spacial score (nSPS) is 16.5. The van der Waals surface area contributed by atoms with E-state index in [1.807, 2.05) is 64.2 Å². The molecule has 4 aromatic rings. The van der Waals surface area contributed by atoms with Crippen LogP contribution in [-0.4, -0.2) is 63.7 Å². The van der Waals surface area contributed by atoms with Gasteiger partial charge in [0.1, 0.15) is 0 Å². The molecule has 2 aromatic carbocycles. The summed E-state index contributed by atoms with van der Waals surface area (Å²) in [7, 11) is 4.18. The van der Waals surface area contributed by atoms with Crippen molar-refractivity contribution in [2.75, 3.05) is 27.2 Å². The average molecular weight is 440 g/mol. The predicted molar refractivity (Wildman–Crippen MR) is 131 cm³/mol. The molecule has 5 rings (SSSR count). The highest BCUT2D eigenvalue weighted by atomic mass is 16.2. The molecule has 1 amide bonds. The fraction of sp³-hybridized carbons (Fsp3) is 0.296. The maximum absolute atomic E-state index is 13.8. The fourth-order valence-corrected chi connectivity index (χ4v) is 4.58. The van der Waals surface area contributed by atoms with Crippen molar-refractivity contribution in [3.8, 4) is 11.3 Å². The Kier molecular flexibility index (Phi) is 5.92. The molecule has 1 atom stereocenters. The Bertz CT molecular complexity index is 1250. The van der Waals surface area contributed by atoms with Gasteiger partial charge in [-0.25, -0.2) is 9.67 Å². The number of nitrogens with zero attached hydrogens (tertiary/aromatic N) is 5. The Morgan fingerprint density at radius 2 is 1.79 bits per heavy atom. The van der Waals surface area contributed by atoms with E-state index in [2.05, 4.69) is 36.2 Å². The molecule has 1 unspecified atom stereocenters. The zero-order chi connectivity index (χ0) is 22.8. The van der Waals surface area contributed by atoms with Gasteiger partial charge in [-0.15, -0.1) is 0 Å². The smallest absolute Gasteiger partial charge is 0.254 e. The summed E-state index contributed by atoms with van der Waals surface area (Å²) in [4.78, 5) is 22.9. The fourth-order valence-electron chi connectivity index (χ4n) is 4.58. The number of likely N-dealkylation sites (N-methyl/N-ethyl adjacent to an activating group) is 1. The first-order chi connectivity index (χ1) is 16.1. The van der Waals surface area contributed by atoms with Crippen molar-refractivity contribution in [1.82, 2.24) is 24.6 Å². The van der Waals surface area contributed by atoms with Gasteiger partial charge in [0, 0.05) is 24.7 Å². The molecule has 6 nitrogen and oxygen atoms in total. The van der Waals surface area contributed by atoms with Crippen molar-refractivity contribution in [3.05, 3.63) is 84.1 Å². The summed E-state index contributed by atoms with van der Waals surface area (Å²) in [5.74, 6) is 0.0605. The lowest BCUT2D eigenvalue weighted by Crippen LogP contribution is -2.47. The first-order valence-electron chi connectivity index (χ1n) is 11.5. The highest BCUT2D eigenvalue weighted by molar-refractivity contribution is 6.06. The van der Waals surface area contributed by atoms with Crippen molar-refractivity contribution >= 4 is 16.9 Å². The maximum Gasteiger partial charge on any atom is 0.254 e. The van der Waals surface area contributed by atoms with E-state index in [4.69, 9.17) is 4.98 Å². The highest BCUT2D eigenvalue weighted by Gasteiger charge is 2.28. The molecule has 0 bridgehead atoms. The van der Waals surface area contributed by atoms with Gasteiger partial charge < -0.3 is 9.80 Å². The summed E-state index contributed by atoms with van der Waals surface area (Å²) in [5.41, 5.74) is 4.35. The molecule has 0 spiro atoms. The van der Waals surface area contributed by atoms with Crippen LogP contribution in [-0.2, 0) is 6.54 Å². The zero-order valence-corrected chi connectivity index (χ0v) is 19.2. The molecule has 2 aromatic heterocycles. The summed E-state index contributed by atoms with van der Waals surface area (Å²) >= 11 is 0. The molecule has 0 aliphatic carbocycles. The summed E-state index contributed by atoms with van der Waals surface area (Å²) in [6.07, 6.45) is 3.93. The second-order valence-corrected chi connectivity index (χ2v) is 8.96. The van der Waals surface area contributed by atoms with E-state index >= 15 is 0 Å². The van der Waals surface area contributed by atoms with E-state index in [0.29, 0.717) is 18.2 Å². The molecule has 0 radical (unpaired) electrons. The van der Waals surface area contributed by atoms with Crippen molar-refractivity contribution in [3.63, 3.8) is 0 Å². The molecule has 0 saturated carbocycles. The Labute approximate surface area is 194 Å². The van der Waals surface area contributed by atoms with E-state index in [1.54, 1.807) is 6.20 Å². The molecular weight excluding hydrogens is 410 g/mol. The Morgan fingerprint density at radius 3 is 2.52 bits per heavy atom. The maximum atomic E-state index is 13.8. The van der Waals surface area contributed by atoms with E-state index in [1.165, 1.54) is 0 Å². The van der Waals surface area contributed by atoms with Crippen LogP contribution in [0, 0.1) is 0 Å². The number of benzene rings is 2. The van der Waals surface area contributed by atoms with Gasteiger partial charge >= 0.3 is 0 Å². The van der Waals surface area contributed by atoms with Crippen molar-refractivity contribution < 1.29 is 4.79 Å². The van der Waals surface area contributed by atoms with E-state index in [-0.39, 0.29) is 5.91 Å². The number of carbonyl (C=O) groups excluding carboxylic acids is 1. The van der Waals surface area contributed by atoms with Crippen LogP contribution in [0.1, 0.15) is 28.8 Å². The topological polar surface area (TPSA) is 54.3 Å². The molecule has 1 saturated heterocycles. The van der Waals surface area contributed by atoms with Crippen LogP contribution < -0.4 is 0 Å². The van der Waals surface area contributed by atoms with Gasteiger partial charge in [-0.05, 0) is 38.6 Å². The van der Waals surface area contributed by atoms with Crippen LogP contribution in [0.15, 0.2) is 72.9 Å². The molecule has 0 N–H and O–H groups in total. The van der Waals surface area contributed by atoms with Crippen LogP contribution in [0.4, 0.5) is 0 Å². The Balaban J connectivity index is 1.59. The minimum atomic E-state index is 0.0605. The molecule has 1 aliphatic heterocycles. The minimum absolute atomic E-state index is 0.0605. The number of aromatic nitrogens is 3. The van der Waals surface area contributed by atoms with E-state index in [0.717, 1.165) is 53.8 Å². The number of hydrogen-bond donors (Lipinski definition) is 0. The largest absolute Gasteiger partial charge is 0.337 e. The lowest BCUT2D eigenvalue weighted by atomic mass is 10.0. The predicted octanol–water partition coefficient (Wildman–Crippen LogP) is 4.31. The zero-order valence-electron chi connectivity index (χ0n) is 19.2. The molecule has 1 aliphatic rings. The standard InChI is InChI=1S/C27H29N5O/c1-30(2)22-14-9-15-31(19-22)27(33)23-16-25(21-12-7-4-8-13-21)29-26-24(23)17-28-32(26)18-20-10-5-3-6-11-20/h3-8,10-13,16-17,22H,9,14-15,18-19H2,1-2H3. The number of hydrogen-bond acceptors (Lipinski definition) is 4. The minimum Gasteiger partial charge on any atom is -0.337 e. The number of pyridine rings is 1. The van der Waals surface area contributed by atoms with Crippen LogP contribution in [0.3, 0.4) is 0 Å². The van der Waals surface area contributed by atoms with Crippen LogP contribution in [0.2, 0.25) is 0 Å². The summed E-state index contributed by atoms with van der Waals surface area (Å²) < 4.78 is 1.90. The first-order valence-corrected chi connectivity index (χ1v) is 11.5. The Morgan fingerprint density at radius 1 is 1.06 bits per heavy atom. The second-order valence-electron chi connectivity index (χ2n) is 8.96. The van der Waals surface area contributed by atoms with Crippen molar-refractivity contribution in [2.24, 2.45) is 0 Å². The molecular formula is C27H29N5O. The first kappa shape index (κ1) is 21.3. The summed E-state index contributed by atoms with van der Waals surface area (Å²) in [5, 5.41) is 5.44. The molecule has 6 heteroatoms. The number of rotatable bonds is 5. The van der Waals surface area contributed by atoms with Gasteiger partial charge in [-0.2, -0.15) is 5.10 Å². The third kappa shape index (κ3) is 4.39. The Hall–Kier alpha value is -3.51. The highest BCUT2D eigenvalue weighted by Crippen LogP contribution is 2.27. The van der Waals surface area contributed by atoms with Gasteiger partial charge in [0.05, 0.1) is 29.4 Å². The lowest BCUT2D eigenvalue weighted by Gasteiger charge is -2.36. The van der Waals surface area contributed by atoms with Crippen LogP contribution >= 0.6 is 0 Å². The number of likely N-dealkylation sites (tertiary alicyclic amines) is 1. The SMILES string of the molecule is CN(C)C1CCCN(C(=O)c2cc(-c3ccccc3)nc3c2cnn3Cc2ccccc2)C1. The molecule has 168 valence electrons. The molecule has 3 heterocycles. The number of amides is 1. The number of piperidine rings is 1. The van der Waals surface area contributed by atoms with Gasteiger partial charge in [-0.1, -0.05) is 60.7 Å². The van der Waals surface area contributed by atoms with Gasteiger partial charge in [0.15, 0.2) is 5.65 Å². The van der Waals surface area contributed by atoms with Crippen LogP contribution in [0.5, 0.6) is 0 Å². The third-order valence-electron chi connectivity index (χ3n) is 6.50. The third-order valence-corrected chi connectivity index (χ3v) is 6.50. The van der Waals surface area contributed by atoms with Gasteiger partial charge in [-0.3, -0.25) is 4.79 Å². The number of carbonyl (C=O) groups is 1. The van der Waals surface area contributed by atoms with Gasteiger partial charge in [0.25, 0.3) is 5.91 Å². The monoisotopic (exact) mass is 439 g/mol. The molecule has 1 fully saturated rings. The number of fused-ring (bicyclic) bond motifs is 1. The summed E-state index contributed by atoms with van der Waals surface area (Å²) in [6, 6.07) is 22.6. The van der Waals surface area contributed by atoms with Crippen molar-refractivity contribution in [2.45, 2.75) is 25.4 Å².